The molecule has 1 N–H and O–H groups in total. The van der Waals surface area contributed by atoms with Crippen LogP contribution in [0.2, 0.25) is 0 Å². The van der Waals surface area contributed by atoms with Gasteiger partial charge in [0, 0.05) is 25.2 Å². The van der Waals surface area contributed by atoms with Gasteiger partial charge in [-0.25, -0.2) is 0 Å². The van der Waals surface area contributed by atoms with E-state index in [-0.39, 0.29) is 5.54 Å². The maximum atomic E-state index is 3.84. The quantitative estimate of drug-likeness (QED) is 0.910. The van der Waals surface area contributed by atoms with Crippen LogP contribution in [0.3, 0.4) is 0 Å². The van der Waals surface area contributed by atoms with E-state index in [1.54, 1.807) is 0 Å². The maximum absolute atomic E-state index is 3.84. The van der Waals surface area contributed by atoms with Gasteiger partial charge in [0.2, 0.25) is 0 Å². The van der Waals surface area contributed by atoms with Gasteiger partial charge in [-0.05, 0) is 44.1 Å². The fourth-order valence-corrected chi connectivity index (χ4v) is 4.29. The predicted molar refractivity (Wildman–Crippen MR) is 89.4 cm³/mol. The fourth-order valence-electron chi connectivity index (χ4n) is 4.29. The number of hydrogen-bond acceptors (Lipinski definition) is 2. The molecule has 3 rings (SSSR count). The lowest BCUT2D eigenvalue weighted by Crippen LogP contribution is -2.63. The average Bonchev–Trinajstić information content (AvgIpc) is 2.95. The van der Waals surface area contributed by atoms with Crippen molar-refractivity contribution >= 4 is 0 Å². The van der Waals surface area contributed by atoms with Crippen molar-refractivity contribution in [3.05, 3.63) is 35.9 Å². The summed E-state index contributed by atoms with van der Waals surface area (Å²) in [5, 5.41) is 3.84. The third kappa shape index (κ3) is 3.02. The van der Waals surface area contributed by atoms with Gasteiger partial charge in [0.05, 0.1) is 5.54 Å². The predicted octanol–water partition coefficient (Wildman–Crippen LogP) is 3.77. The van der Waals surface area contributed by atoms with E-state index in [0.29, 0.717) is 6.04 Å². The van der Waals surface area contributed by atoms with Crippen LogP contribution < -0.4 is 5.32 Å². The van der Waals surface area contributed by atoms with Gasteiger partial charge in [0.15, 0.2) is 0 Å². The van der Waals surface area contributed by atoms with Crippen molar-refractivity contribution in [2.24, 2.45) is 5.92 Å². The molecular weight excluding hydrogens is 256 g/mol. The Morgan fingerprint density at radius 3 is 2.62 bits per heavy atom. The maximum Gasteiger partial charge on any atom is 0.0535 e. The van der Waals surface area contributed by atoms with Crippen molar-refractivity contribution in [1.82, 2.24) is 10.2 Å². The molecule has 21 heavy (non-hydrogen) atoms. The fraction of sp³-hybridized carbons (Fsp3) is 0.684. The van der Waals surface area contributed by atoms with E-state index in [0.717, 1.165) is 25.0 Å². The van der Waals surface area contributed by atoms with E-state index in [2.05, 4.69) is 61.3 Å². The van der Waals surface area contributed by atoms with Crippen LogP contribution in [0.15, 0.2) is 30.3 Å². The molecule has 1 aliphatic heterocycles. The lowest BCUT2D eigenvalue weighted by Gasteiger charge is -2.49. The molecule has 2 fully saturated rings. The first-order chi connectivity index (χ1) is 10.1. The highest BCUT2D eigenvalue weighted by Crippen LogP contribution is 2.35. The summed E-state index contributed by atoms with van der Waals surface area (Å²) in [6, 6.07) is 12.5. The van der Waals surface area contributed by atoms with Gasteiger partial charge in [-0.15, -0.1) is 0 Å². The highest BCUT2D eigenvalue weighted by Gasteiger charge is 2.40. The number of hydrogen-bond donors (Lipinski definition) is 1. The Labute approximate surface area is 129 Å². The minimum atomic E-state index is 0.0960. The third-order valence-corrected chi connectivity index (χ3v) is 5.71. The van der Waals surface area contributed by atoms with E-state index < -0.39 is 0 Å². The van der Waals surface area contributed by atoms with Gasteiger partial charge >= 0.3 is 0 Å². The molecule has 1 saturated carbocycles. The summed E-state index contributed by atoms with van der Waals surface area (Å²) in [7, 11) is 0. The molecule has 1 saturated heterocycles. The first kappa shape index (κ1) is 15.1. The van der Waals surface area contributed by atoms with Gasteiger partial charge in [-0.1, -0.05) is 44.2 Å². The first-order valence-corrected chi connectivity index (χ1v) is 8.68. The zero-order valence-corrected chi connectivity index (χ0v) is 13.8. The van der Waals surface area contributed by atoms with E-state index in [4.69, 9.17) is 0 Å². The van der Waals surface area contributed by atoms with Crippen LogP contribution in [0, 0.1) is 5.92 Å². The summed E-state index contributed by atoms with van der Waals surface area (Å²) in [5.41, 5.74) is 1.52. The normalized spacial score (nSPS) is 37.8. The summed E-state index contributed by atoms with van der Waals surface area (Å²) >= 11 is 0. The molecule has 1 heterocycles. The molecule has 2 aliphatic rings. The number of nitrogens with one attached hydrogen (secondary N) is 1. The summed E-state index contributed by atoms with van der Waals surface area (Å²) < 4.78 is 0. The van der Waals surface area contributed by atoms with Gasteiger partial charge < -0.3 is 5.32 Å². The number of rotatable bonds is 3. The molecule has 0 radical (unpaired) electrons. The van der Waals surface area contributed by atoms with Crippen molar-refractivity contribution in [3.8, 4) is 0 Å². The van der Waals surface area contributed by atoms with Crippen molar-refractivity contribution in [3.63, 3.8) is 0 Å². The van der Waals surface area contributed by atoms with Crippen LogP contribution >= 0.6 is 0 Å². The smallest absolute Gasteiger partial charge is 0.0535 e. The van der Waals surface area contributed by atoms with Gasteiger partial charge in [0.25, 0.3) is 0 Å². The van der Waals surface area contributed by atoms with Crippen molar-refractivity contribution < 1.29 is 0 Å². The number of benzene rings is 1. The molecule has 116 valence electrons. The van der Waals surface area contributed by atoms with Crippen LogP contribution in [0.5, 0.6) is 0 Å². The van der Waals surface area contributed by atoms with Crippen LogP contribution in [-0.2, 0) is 5.54 Å². The van der Waals surface area contributed by atoms with E-state index >= 15 is 0 Å². The minimum Gasteiger partial charge on any atom is -0.305 e. The Hall–Kier alpha value is -0.860. The summed E-state index contributed by atoms with van der Waals surface area (Å²) in [4.78, 5) is 2.83. The SMILES string of the molecule is CCC1CNC(C)(c2ccccc2)CN1C1CCC(C)C1. The van der Waals surface area contributed by atoms with Crippen molar-refractivity contribution in [1.29, 1.82) is 0 Å². The van der Waals surface area contributed by atoms with Crippen LogP contribution in [0.4, 0.5) is 0 Å². The highest BCUT2D eigenvalue weighted by molar-refractivity contribution is 5.25. The van der Waals surface area contributed by atoms with E-state index in [1.165, 1.54) is 31.2 Å². The molecule has 2 heteroatoms. The number of nitrogens with zero attached hydrogens (tertiary/aromatic N) is 1. The standard InChI is InChI=1S/C19H30N2/c1-4-17-13-20-19(3,16-8-6-5-7-9-16)14-21(17)18-11-10-15(2)12-18/h5-9,15,17-18,20H,4,10-14H2,1-3H3. The largest absolute Gasteiger partial charge is 0.305 e. The molecule has 4 unspecified atom stereocenters. The molecule has 0 bridgehead atoms. The minimum absolute atomic E-state index is 0.0960. The zero-order chi connectivity index (χ0) is 14.9. The highest BCUT2D eigenvalue weighted by atomic mass is 15.3. The molecule has 0 aromatic heterocycles. The average molecular weight is 286 g/mol. The Morgan fingerprint density at radius 1 is 1.24 bits per heavy atom. The summed E-state index contributed by atoms with van der Waals surface area (Å²) in [5.74, 6) is 0.908. The Balaban J connectivity index is 1.80. The van der Waals surface area contributed by atoms with Crippen molar-refractivity contribution in [2.75, 3.05) is 13.1 Å². The summed E-state index contributed by atoms with van der Waals surface area (Å²) in [6.45, 7) is 9.39. The Kier molecular flexibility index (Phi) is 4.37. The molecular formula is C19H30N2. The third-order valence-electron chi connectivity index (χ3n) is 5.71. The molecule has 2 nitrogen and oxygen atoms in total. The van der Waals surface area contributed by atoms with Crippen molar-refractivity contribution in [2.45, 2.75) is 64.1 Å². The molecule has 4 atom stereocenters. The topological polar surface area (TPSA) is 15.3 Å². The van der Waals surface area contributed by atoms with Gasteiger partial charge in [-0.3, -0.25) is 4.90 Å². The molecule has 1 aromatic rings. The zero-order valence-electron chi connectivity index (χ0n) is 13.8. The molecule has 1 aliphatic carbocycles. The second-order valence-electron chi connectivity index (χ2n) is 7.39. The van der Waals surface area contributed by atoms with Crippen LogP contribution in [0.25, 0.3) is 0 Å². The molecule has 1 aromatic carbocycles. The van der Waals surface area contributed by atoms with Gasteiger partial charge in [0.1, 0.15) is 0 Å². The second-order valence-corrected chi connectivity index (χ2v) is 7.39. The lowest BCUT2D eigenvalue weighted by atomic mass is 9.86. The van der Waals surface area contributed by atoms with Gasteiger partial charge in [-0.2, -0.15) is 0 Å². The van der Waals surface area contributed by atoms with Crippen LogP contribution in [0.1, 0.15) is 52.0 Å². The number of piperazine rings is 1. The Morgan fingerprint density at radius 2 is 2.00 bits per heavy atom. The second kappa shape index (κ2) is 6.10. The first-order valence-electron chi connectivity index (χ1n) is 8.68. The van der Waals surface area contributed by atoms with E-state index in [1.807, 2.05) is 0 Å². The lowest BCUT2D eigenvalue weighted by molar-refractivity contribution is 0.0448. The van der Waals surface area contributed by atoms with E-state index in [9.17, 15) is 0 Å². The molecule has 0 spiro atoms. The van der Waals surface area contributed by atoms with Crippen LogP contribution in [-0.4, -0.2) is 30.1 Å². The monoisotopic (exact) mass is 286 g/mol. The summed E-state index contributed by atoms with van der Waals surface area (Å²) in [6.07, 6.45) is 5.44. The Bertz CT molecular complexity index is 458. The molecule has 0 amide bonds.